The second-order valence-corrected chi connectivity index (χ2v) is 5.76. The third-order valence-corrected chi connectivity index (χ3v) is 3.97. The Morgan fingerprint density at radius 1 is 1.05 bits per heavy atom. The van der Waals surface area contributed by atoms with Gasteiger partial charge in [-0.05, 0) is 35.7 Å². The zero-order valence-corrected chi connectivity index (χ0v) is 13.3. The summed E-state index contributed by atoms with van der Waals surface area (Å²) in [5, 5.41) is 11.1. The molecule has 0 amide bonds. The normalized spacial score (nSPS) is 12.3. The monoisotopic (exact) mass is 335 g/mol. The number of rotatable bonds is 4. The number of hydrogen-bond donors (Lipinski definition) is 0. The van der Waals surface area contributed by atoms with Crippen LogP contribution in [-0.2, 0) is 0 Å². The zero-order chi connectivity index (χ0) is 15.2. The summed E-state index contributed by atoms with van der Waals surface area (Å²) < 4.78 is 0. The Balaban J connectivity index is 2.14. The molecule has 4 heteroatoms. The quantitative estimate of drug-likeness (QED) is 0.637. The molecule has 0 saturated carbocycles. The lowest BCUT2D eigenvalue weighted by Crippen LogP contribution is -1.95. The summed E-state index contributed by atoms with van der Waals surface area (Å²) in [4.78, 5) is 0. The van der Waals surface area contributed by atoms with Crippen molar-refractivity contribution >= 4 is 40.9 Å². The Labute approximate surface area is 139 Å². The maximum Gasteiger partial charge on any atom is 0.0761 e. The number of allylic oxidation sites excluding steroid dienone is 1. The minimum absolute atomic E-state index is 0.312. The Bertz CT molecular complexity index is 701. The summed E-state index contributed by atoms with van der Waals surface area (Å²) in [6, 6.07) is 15.0. The van der Waals surface area contributed by atoms with Crippen LogP contribution in [0.4, 0.5) is 0 Å². The summed E-state index contributed by atoms with van der Waals surface area (Å²) in [7, 11) is 0. The van der Waals surface area contributed by atoms with Gasteiger partial charge in [-0.2, -0.15) is 5.26 Å². The van der Waals surface area contributed by atoms with E-state index in [9.17, 15) is 5.26 Å². The molecule has 2 aromatic rings. The molecule has 0 aromatic heterocycles. The maximum absolute atomic E-state index is 9.32. The first-order valence-electron chi connectivity index (χ1n) is 6.37. The van der Waals surface area contributed by atoms with Crippen LogP contribution in [0.5, 0.6) is 0 Å². The van der Waals surface area contributed by atoms with Gasteiger partial charge in [-0.1, -0.05) is 71.2 Å². The topological polar surface area (TPSA) is 23.8 Å². The summed E-state index contributed by atoms with van der Waals surface area (Å²) in [5.74, 6) is -0.312. The van der Waals surface area contributed by atoms with E-state index < -0.39 is 0 Å². The van der Waals surface area contributed by atoms with E-state index in [1.807, 2.05) is 36.4 Å². The highest BCUT2D eigenvalue weighted by Crippen LogP contribution is 2.30. The molecule has 106 valence electrons. The van der Waals surface area contributed by atoms with Crippen LogP contribution in [0.1, 0.15) is 23.5 Å². The van der Waals surface area contributed by atoms with E-state index in [2.05, 4.69) is 6.07 Å². The standard InChI is InChI=1S/C17H12Cl3N/c18-14-8-9-15(17(20)10-14)13(11-21)6-3-5-12-4-1-2-7-16(12)19/h1-5,7-10,13H,6H2/b5-3+. The Kier molecular flexibility index (Phi) is 5.70. The van der Waals surface area contributed by atoms with Crippen molar-refractivity contribution in [3.05, 3.63) is 74.7 Å². The van der Waals surface area contributed by atoms with E-state index in [1.165, 1.54) is 0 Å². The van der Waals surface area contributed by atoms with Crippen molar-refractivity contribution in [2.45, 2.75) is 12.3 Å². The number of hydrogen-bond acceptors (Lipinski definition) is 1. The highest BCUT2D eigenvalue weighted by atomic mass is 35.5. The largest absolute Gasteiger partial charge is 0.198 e. The Morgan fingerprint density at radius 2 is 1.81 bits per heavy atom. The first-order chi connectivity index (χ1) is 10.1. The molecule has 2 rings (SSSR count). The van der Waals surface area contributed by atoms with Crippen LogP contribution in [0.15, 0.2) is 48.5 Å². The lowest BCUT2D eigenvalue weighted by Gasteiger charge is -2.09. The van der Waals surface area contributed by atoms with E-state index in [-0.39, 0.29) is 5.92 Å². The van der Waals surface area contributed by atoms with E-state index in [0.29, 0.717) is 21.5 Å². The van der Waals surface area contributed by atoms with Crippen molar-refractivity contribution in [2.75, 3.05) is 0 Å². The number of nitriles is 1. The summed E-state index contributed by atoms with van der Waals surface area (Å²) in [6.45, 7) is 0. The molecule has 1 nitrogen and oxygen atoms in total. The predicted octanol–water partition coefficient (Wildman–Crippen LogP) is 6.36. The molecule has 2 aromatic carbocycles. The van der Waals surface area contributed by atoms with E-state index in [4.69, 9.17) is 34.8 Å². The molecule has 0 saturated heterocycles. The average Bonchev–Trinajstić information content (AvgIpc) is 2.46. The summed E-state index contributed by atoms with van der Waals surface area (Å²) in [6.07, 6.45) is 4.40. The maximum atomic E-state index is 9.32. The molecule has 0 aliphatic carbocycles. The van der Waals surface area contributed by atoms with Crippen LogP contribution in [-0.4, -0.2) is 0 Å². The van der Waals surface area contributed by atoms with Gasteiger partial charge in [0.05, 0.1) is 12.0 Å². The minimum Gasteiger partial charge on any atom is -0.198 e. The van der Waals surface area contributed by atoms with Crippen molar-refractivity contribution in [1.82, 2.24) is 0 Å². The molecule has 0 N–H and O–H groups in total. The Morgan fingerprint density at radius 3 is 2.48 bits per heavy atom. The van der Waals surface area contributed by atoms with Gasteiger partial charge in [0.15, 0.2) is 0 Å². The molecule has 21 heavy (non-hydrogen) atoms. The fourth-order valence-corrected chi connectivity index (χ4v) is 2.71. The second-order valence-electron chi connectivity index (χ2n) is 4.51. The third-order valence-electron chi connectivity index (χ3n) is 3.07. The van der Waals surface area contributed by atoms with Crippen LogP contribution < -0.4 is 0 Å². The molecule has 0 heterocycles. The molecule has 0 bridgehead atoms. The van der Waals surface area contributed by atoms with Gasteiger partial charge < -0.3 is 0 Å². The van der Waals surface area contributed by atoms with Gasteiger partial charge in [0.25, 0.3) is 0 Å². The molecular weight excluding hydrogens is 325 g/mol. The van der Waals surface area contributed by atoms with Gasteiger partial charge in [0.2, 0.25) is 0 Å². The molecule has 0 aliphatic rings. The molecular formula is C17H12Cl3N. The lowest BCUT2D eigenvalue weighted by atomic mass is 9.96. The molecule has 1 atom stereocenters. The SMILES string of the molecule is N#CC(C/C=C/c1ccccc1Cl)c1ccc(Cl)cc1Cl. The fourth-order valence-electron chi connectivity index (χ4n) is 1.97. The fraction of sp³-hybridized carbons (Fsp3) is 0.118. The van der Waals surface area contributed by atoms with Crippen LogP contribution in [0, 0.1) is 11.3 Å². The summed E-state index contributed by atoms with van der Waals surface area (Å²) >= 11 is 18.1. The van der Waals surface area contributed by atoms with E-state index in [0.717, 1.165) is 11.1 Å². The first-order valence-corrected chi connectivity index (χ1v) is 7.51. The van der Waals surface area contributed by atoms with Crippen molar-refractivity contribution < 1.29 is 0 Å². The highest BCUT2D eigenvalue weighted by Gasteiger charge is 2.13. The number of halogens is 3. The van der Waals surface area contributed by atoms with Crippen LogP contribution in [0.2, 0.25) is 15.1 Å². The Hall–Kier alpha value is -1.46. The van der Waals surface area contributed by atoms with Gasteiger partial charge in [0, 0.05) is 15.1 Å². The molecule has 0 radical (unpaired) electrons. The van der Waals surface area contributed by atoms with E-state index in [1.54, 1.807) is 18.2 Å². The zero-order valence-electron chi connectivity index (χ0n) is 11.1. The van der Waals surface area contributed by atoms with Crippen molar-refractivity contribution in [3.8, 4) is 6.07 Å². The molecule has 1 unspecified atom stereocenters. The molecule has 0 spiro atoms. The number of nitrogens with zero attached hydrogens (tertiary/aromatic N) is 1. The van der Waals surface area contributed by atoms with Gasteiger partial charge in [-0.3, -0.25) is 0 Å². The number of benzene rings is 2. The van der Waals surface area contributed by atoms with Crippen LogP contribution >= 0.6 is 34.8 Å². The van der Waals surface area contributed by atoms with Crippen molar-refractivity contribution in [3.63, 3.8) is 0 Å². The van der Waals surface area contributed by atoms with E-state index >= 15 is 0 Å². The highest BCUT2D eigenvalue weighted by molar-refractivity contribution is 6.35. The van der Waals surface area contributed by atoms with Gasteiger partial charge in [-0.25, -0.2) is 0 Å². The average molecular weight is 337 g/mol. The second kappa shape index (κ2) is 7.52. The predicted molar refractivity (Wildman–Crippen MR) is 89.9 cm³/mol. The van der Waals surface area contributed by atoms with Crippen molar-refractivity contribution in [2.24, 2.45) is 0 Å². The van der Waals surface area contributed by atoms with Crippen LogP contribution in [0.25, 0.3) is 6.08 Å². The molecule has 0 fully saturated rings. The van der Waals surface area contributed by atoms with Crippen molar-refractivity contribution in [1.29, 1.82) is 5.26 Å². The first kappa shape index (κ1) is 15.9. The lowest BCUT2D eigenvalue weighted by molar-refractivity contribution is 0.880. The van der Waals surface area contributed by atoms with Gasteiger partial charge in [-0.15, -0.1) is 0 Å². The van der Waals surface area contributed by atoms with Gasteiger partial charge >= 0.3 is 0 Å². The summed E-state index contributed by atoms with van der Waals surface area (Å²) in [5.41, 5.74) is 1.71. The van der Waals surface area contributed by atoms with Gasteiger partial charge in [0.1, 0.15) is 0 Å². The van der Waals surface area contributed by atoms with Crippen LogP contribution in [0.3, 0.4) is 0 Å². The molecule has 0 aliphatic heterocycles. The smallest absolute Gasteiger partial charge is 0.0761 e. The minimum atomic E-state index is -0.312. The third kappa shape index (κ3) is 4.25.